The molecule has 19 heavy (non-hydrogen) atoms. The molecule has 0 aliphatic heterocycles. The van der Waals surface area contributed by atoms with Crippen LogP contribution in [0.5, 0.6) is 0 Å². The molecule has 0 aromatic carbocycles. The fraction of sp³-hybridized carbons (Fsp3) is 0.750. The van der Waals surface area contributed by atoms with Gasteiger partial charge in [0.05, 0.1) is 0 Å². The number of rotatable bonds is 3. The van der Waals surface area contributed by atoms with E-state index in [0.717, 1.165) is 26.2 Å². The molecule has 1 fully saturated rings. The quantitative estimate of drug-likeness (QED) is 0.850. The van der Waals surface area contributed by atoms with Gasteiger partial charge in [0.2, 0.25) is 11.7 Å². The maximum atomic E-state index is 12.3. The minimum atomic E-state index is -4.88. The summed E-state index contributed by atoms with van der Waals surface area (Å²) in [7, 11) is 0. The SMILES string of the molecule is CC1CCC(c2noc(C(C)C(=O)C(F)(F)F)n2)C1. The van der Waals surface area contributed by atoms with Crippen molar-refractivity contribution >= 4 is 5.78 Å². The predicted octanol–water partition coefficient (Wildman–Crippen LogP) is 3.21. The van der Waals surface area contributed by atoms with E-state index in [1.165, 1.54) is 0 Å². The van der Waals surface area contributed by atoms with Crippen LogP contribution < -0.4 is 0 Å². The van der Waals surface area contributed by atoms with E-state index in [9.17, 15) is 18.0 Å². The molecular formula is C12H15F3N2O2. The van der Waals surface area contributed by atoms with E-state index < -0.39 is 17.9 Å². The Morgan fingerprint density at radius 3 is 2.63 bits per heavy atom. The Morgan fingerprint density at radius 1 is 1.42 bits per heavy atom. The summed E-state index contributed by atoms with van der Waals surface area (Å²) in [5.41, 5.74) is 0. The van der Waals surface area contributed by atoms with Crippen LogP contribution in [0.1, 0.15) is 56.7 Å². The number of carbonyl (C=O) groups is 1. The van der Waals surface area contributed by atoms with Crippen molar-refractivity contribution in [3.05, 3.63) is 11.7 Å². The molecule has 106 valence electrons. The van der Waals surface area contributed by atoms with E-state index >= 15 is 0 Å². The molecule has 1 aliphatic rings. The van der Waals surface area contributed by atoms with Crippen molar-refractivity contribution < 1.29 is 22.5 Å². The molecule has 2 rings (SSSR count). The zero-order chi connectivity index (χ0) is 14.2. The molecule has 0 N–H and O–H groups in total. The minimum absolute atomic E-state index is 0.126. The highest BCUT2D eigenvalue weighted by Gasteiger charge is 2.44. The highest BCUT2D eigenvalue weighted by Crippen LogP contribution is 2.37. The molecule has 1 aliphatic carbocycles. The lowest BCUT2D eigenvalue weighted by Crippen LogP contribution is -2.27. The molecule has 0 bridgehead atoms. The number of hydrogen-bond donors (Lipinski definition) is 0. The van der Waals surface area contributed by atoms with E-state index in [2.05, 4.69) is 17.1 Å². The first-order valence-corrected chi connectivity index (χ1v) is 6.23. The van der Waals surface area contributed by atoms with Crippen molar-refractivity contribution in [1.82, 2.24) is 10.1 Å². The van der Waals surface area contributed by atoms with Gasteiger partial charge >= 0.3 is 6.18 Å². The normalized spacial score (nSPS) is 25.5. The van der Waals surface area contributed by atoms with Crippen molar-refractivity contribution in [3.63, 3.8) is 0 Å². The number of carbonyl (C=O) groups excluding carboxylic acids is 1. The molecule has 7 heteroatoms. The molecule has 0 amide bonds. The van der Waals surface area contributed by atoms with Crippen molar-refractivity contribution in [2.45, 2.75) is 51.1 Å². The second-order valence-corrected chi connectivity index (χ2v) is 5.19. The molecule has 3 atom stereocenters. The third-order valence-corrected chi connectivity index (χ3v) is 3.56. The molecule has 3 unspecified atom stereocenters. The third-order valence-electron chi connectivity index (χ3n) is 3.56. The van der Waals surface area contributed by atoms with Crippen LogP contribution in [0, 0.1) is 5.92 Å². The number of Topliss-reactive ketones (excluding diaryl/α,β-unsaturated/α-hetero) is 1. The first kappa shape index (κ1) is 14.0. The lowest BCUT2D eigenvalue weighted by atomic mass is 10.0. The zero-order valence-electron chi connectivity index (χ0n) is 10.7. The highest BCUT2D eigenvalue weighted by molar-refractivity contribution is 5.89. The predicted molar refractivity (Wildman–Crippen MR) is 59.5 cm³/mol. The second kappa shape index (κ2) is 4.94. The van der Waals surface area contributed by atoms with Crippen LogP contribution >= 0.6 is 0 Å². The van der Waals surface area contributed by atoms with Crippen molar-refractivity contribution in [3.8, 4) is 0 Å². The van der Waals surface area contributed by atoms with Gasteiger partial charge in [-0.25, -0.2) is 0 Å². The molecule has 1 aromatic rings. The summed E-state index contributed by atoms with van der Waals surface area (Å²) in [5.74, 6) is -2.46. The van der Waals surface area contributed by atoms with Gasteiger partial charge in [0.1, 0.15) is 5.92 Å². The first-order chi connectivity index (χ1) is 8.79. The summed E-state index contributed by atoms with van der Waals surface area (Å²) in [4.78, 5) is 15.1. The summed E-state index contributed by atoms with van der Waals surface area (Å²) in [5, 5.41) is 3.71. The number of nitrogens with zero attached hydrogens (tertiary/aromatic N) is 2. The maximum Gasteiger partial charge on any atom is 0.450 e. The molecule has 1 saturated carbocycles. The molecule has 0 saturated heterocycles. The lowest BCUT2D eigenvalue weighted by molar-refractivity contribution is -0.172. The summed E-state index contributed by atoms with van der Waals surface area (Å²) < 4.78 is 41.7. The number of halogens is 3. The van der Waals surface area contributed by atoms with Crippen LogP contribution in [0.15, 0.2) is 4.52 Å². The Morgan fingerprint density at radius 2 is 2.11 bits per heavy atom. The summed E-state index contributed by atoms with van der Waals surface area (Å²) >= 11 is 0. The van der Waals surface area contributed by atoms with E-state index in [4.69, 9.17) is 4.52 Å². The average molecular weight is 276 g/mol. The molecule has 0 spiro atoms. The first-order valence-electron chi connectivity index (χ1n) is 6.23. The van der Waals surface area contributed by atoms with Gasteiger partial charge in [-0.3, -0.25) is 4.79 Å². The minimum Gasteiger partial charge on any atom is -0.339 e. The molecule has 1 aromatic heterocycles. The Labute approximate surface area is 108 Å². The standard InChI is InChI=1S/C12H15F3N2O2/c1-6-3-4-8(5-6)10-16-11(19-17-10)7(2)9(18)12(13,14)15/h6-8H,3-5H2,1-2H3. The Bertz CT molecular complexity index is 470. The number of ketones is 1. The van der Waals surface area contributed by atoms with Crippen molar-refractivity contribution in [2.24, 2.45) is 5.92 Å². The largest absolute Gasteiger partial charge is 0.450 e. The van der Waals surface area contributed by atoms with Crippen LogP contribution in [0.3, 0.4) is 0 Å². The second-order valence-electron chi connectivity index (χ2n) is 5.19. The number of aromatic nitrogens is 2. The van der Waals surface area contributed by atoms with Gasteiger partial charge in [0.15, 0.2) is 5.82 Å². The fourth-order valence-electron chi connectivity index (χ4n) is 2.39. The molecule has 0 radical (unpaired) electrons. The topological polar surface area (TPSA) is 56.0 Å². The summed E-state index contributed by atoms with van der Waals surface area (Å²) in [6.45, 7) is 3.24. The average Bonchev–Trinajstić information content (AvgIpc) is 2.94. The van der Waals surface area contributed by atoms with Crippen LogP contribution in [-0.4, -0.2) is 22.1 Å². The Balaban J connectivity index is 2.11. The van der Waals surface area contributed by atoms with Crippen LogP contribution in [-0.2, 0) is 4.79 Å². The Hall–Kier alpha value is -1.40. The Kier molecular flexibility index (Phi) is 3.64. The van der Waals surface area contributed by atoms with Crippen LogP contribution in [0.2, 0.25) is 0 Å². The van der Waals surface area contributed by atoms with E-state index in [0.29, 0.717) is 11.7 Å². The van der Waals surface area contributed by atoms with Gasteiger partial charge in [-0.05, 0) is 32.1 Å². The van der Waals surface area contributed by atoms with Gasteiger partial charge < -0.3 is 4.52 Å². The van der Waals surface area contributed by atoms with Gasteiger partial charge in [-0.1, -0.05) is 12.1 Å². The smallest absolute Gasteiger partial charge is 0.339 e. The van der Waals surface area contributed by atoms with Gasteiger partial charge in [-0.2, -0.15) is 18.2 Å². The summed E-state index contributed by atoms with van der Waals surface area (Å²) in [6, 6.07) is 0. The molecular weight excluding hydrogens is 261 g/mol. The number of alkyl halides is 3. The van der Waals surface area contributed by atoms with Gasteiger partial charge in [0, 0.05) is 5.92 Å². The monoisotopic (exact) mass is 276 g/mol. The van der Waals surface area contributed by atoms with E-state index in [1.54, 1.807) is 0 Å². The van der Waals surface area contributed by atoms with Gasteiger partial charge in [-0.15, -0.1) is 0 Å². The lowest BCUT2D eigenvalue weighted by Gasteiger charge is -2.08. The van der Waals surface area contributed by atoms with Crippen LogP contribution in [0.25, 0.3) is 0 Å². The van der Waals surface area contributed by atoms with E-state index in [1.807, 2.05) is 0 Å². The highest BCUT2D eigenvalue weighted by atomic mass is 19.4. The van der Waals surface area contributed by atoms with Crippen molar-refractivity contribution in [1.29, 1.82) is 0 Å². The van der Waals surface area contributed by atoms with Crippen LogP contribution in [0.4, 0.5) is 13.2 Å². The van der Waals surface area contributed by atoms with Gasteiger partial charge in [0.25, 0.3) is 0 Å². The molecule has 4 nitrogen and oxygen atoms in total. The molecule has 1 heterocycles. The third kappa shape index (κ3) is 2.96. The maximum absolute atomic E-state index is 12.3. The van der Waals surface area contributed by atoms with Crippen molar-refractivity contribution in [2.75, 3.05) is 0 Å². The fourth-order valence-corrected chi connectivity index (χ4v) is 2.39. The van der Waals surface area contributed by atoms with E-state index in [-0.39, 0.29) is 11.8 Å². The zero-order valence-corrected chi connectivity index (χ0v) is 10.7. The number of hydrogen-bond acceptors (Lipinski definition) is 4. The summed E-state index contributed by atoms with van der Waals surface area (Å²) in [6.07, 6.45) is -2.02.